The summed E-state index contributed by atoms with van der Waals surface area (Å²) in [4.78, 5) is 0. The Kier molecular flexibility index (Phi) is 2.48. The molecule has 1 unspecified atom stereocenters. The average Bonchev–Trinajstić information content (AvgIpc) is 2.90. The number of hydrogen-bond acceptors (Lipinski definition) is 4. The normalized spacial score (nSPS) is 16.7. The molecule has 3 aromatic rings. The highest BCUT2D eigenvalue weighted by atomic mass is 15.5. The predicted molar refractivity (Wildman–Crippen MR) is 75.7 cm³/mol. The molecule has 5 nitrogen and oxygen atoms in total. The van der Waals surface area contributed by atoms with Crippen LogP contribution in [0.2, 0.25) is 0 Å². The molecule has 1 aliphatic rings. The van der Waals surface area contributed by atoms with E-state index in [4.69, 9.17) is 0 Å². The van der Waals surface area contributed by atoms with Gasteiger partial charge in [-0.25, -0.2) is 0 Å². The Hall–Kier alpha value is -2.69. The molecule has 1 N–H and O–H groups in total. The molecule has 1 aliphatic heterocycles. The molecule has 1 aromatic heterocycles. The SMILES string of the molecule is c1ccc(C2Cc3nnnn3-c3ccccc3N2)cc1. The van der Waals surface area contributed by atoms with E-state index in [0.717, 1.165) is 23.6 Å². The molecule has 20 heavy (non-hydrogen) atoms. The largest absolute Gasteiger partial charge is 0.376 e. The maximum atomic E-state index is 4.15. The van der Waals surface area contributed by atoms with Crippen molar-refractivity contribution >= 4 is 5.69 Å². The summed E-state index contributed by atoms with van der Waals surface area (Å²) in [5, 5.41) is 15.6. The lowest BCUT2D eigenvalue weighted by Crippen LogP contribution is -2.12. The maximum absolute atomic E-state index is 4.15. The van der Waals surface area contributed by atoms with E-state index in [-0.39, 0.29) is 6.04 Å². The van der Waals surface area contributed by atoms with Gasteiger partial charge in [0, 0.05) is 6.42 Å². The van der Waals surface area contributed by atoms with E-state index in [1.54, 1.807) is 0 Å². The minimum atomic E-state index is 0.171. The van der Waals surface area contributed by atoms with Crippen molar-refractivity contribution in [3.63, 3.8) is 0 Å². The Bertz CT molecular complexity index is 735. The summed E-state index contributed by atoms with van der Waals surface area (Å²) >= 11 is 0. The molecule has 0 fully saturated rings. The topological polar surface area (TPSA) is 55.6 Å². The molecule has 0 spiro atoms. The van der Waals surface area contributed by atoms with E-state index in [1.165, 1.54) is 5.56 Å². The van der Waals surface area contributed by atoms with Gasteiger partial charge in [-0.3, -0.25) is 0 Å². The molecule has 0 aliphatic carbocycles. The van der Waals surface area contributed by atoms with Gasteiger partial charge in [0.1, 0.15) is 0 Å². The van der Waals surface area contributed by atoms with Crippen molar-refractivity contribution in [2.75, 3.05) is 5.32 Å². The first-order valence-electron chi connectivity index (χ1n) is 6.60. The number of rotatable bonds is 1. The van der Waals surface area contributed by atoms with Gasteiger partial charge in [0.25, 0.3) is 0 Å². The summed E-state index contributed by atoms with van der Waals surface area (Å²) in [6, 6.07) is 18.6. The lowest BCUT2D eigenvalue weighted by Gasteiger charge is -2.17. The van der Waals surface area contributed by atoms with Crippen LogP contribution in [0.1, 0.15) is 17.4 Å². The second-order valence-electron chi connectivity index (χ2n) is 4.84. The molecule has 98 valence electrons. The minimum Gasteiger partial charge on any atom is -0.376 e. The summed E-state index contributed by atoms with van der Waals surface area (Å²) in [6.45, 7) is 0. The highest BCUT2D eigenvalue weighted by Crippen LogP contribution is 2.30. The van der Waals surface area contributed by atoms with Crippen LogP contribution in [0.15, 0.2) is 54.6 Å². The standard InChI is InChI=1S/C15H13N5/c1-2-6-11(7-3-1)13-10-15-17-18-19-20(15)14-9-5-4-8-12(14)16-13/h1-9,13,16H,10H2. The third kappa shape index (κ3) is 1.75. The number of aromatic nitrogens is 4. The first-order valence-corrected chi connectivity index (χ1v) is 6.60. The quantitative estimate of drug-likeness (QED) is 0.732. The Morgan fingerprint density at radius 3 is 2.70 bits per heavy atom. The van der Waals surface area contributed by atoms with Crippen molar-refractivity contribution in [3.8, 4) is 5.69 Å². The number of fused-ring (bicyclic) bond motifs is 3. The third-order valence-electron chi connectivity index (χ3n) is 3.58. The van der Waals surface area contributed by atoms with Crippen LogP contribution in [0.25, 0.3) is 5.69 Å². The van der Waals surface area contributed by atoms with E-state index in [0.29, 0.717) is 0 Å². The number of nitrogens with one attached hydrogen (secondary N) is 1. The maximum Gasteiger partial charge on any atom is 0.159 e. The number of benzene rings is 2. The van der Waals surface area contributed by atoms with E-state index in [1.807, 2.05) is 28.9 Å². The summed E-state index contributed by atoms with van der Waals surface area (Å²) in [5.74, 6) is 0.872. The lowest BCUT2D eigenvalue weighted by molar-refractivity contribution is 0.717. The fourth-order valence-electron chi connectivity index (χ4n) is 2.61. The van der Waals surface area contributed by atoms with Gasteiger partial charge in [-0.15, -0.1) is 5.10 Å². The molecule has 2 heterocycles. The van der Waals surface area contributed by atoms with E-state index >= 15 is 0 Å². The van der Waals surface area contributed by atoms with Crippen molar-refractivity contribution in [3.05, 3.63) is 66.0 Å². The molecule has 0 radical (unpaired) electrons. The van der Waals surface area contributed by atoms with E-state index in [9.17, 15) is 0 Å². The highest BCUT2D eigenvalue weighted by molar-refractivity contribution is 5.62. The van der Waals surface area contributed by atoms with Crippen LogP contribution < -0.4 is 5.32 Å². The summed E-state index contributed by atoms with van der Waals surface area (Å²) in [7, 11) is 0. The first kappa shape index (κ1) is 11.2. The highest BCUT2D eigenvalue weighted by Gasteiger charge is 2.23. The van der Waals surface area contributed by atoms with Gasteiger partial charge in [-0.1, -0.05) is 42.5 Å². The second-order valence-corrected chi connectivity index (χ2v) is 4.84. The predicted octanol–water partition coefficient (Wildman–Crippen LogP) is 2.37. The van der Waals surface area contributed by atoms with Crippen molar-refractivity contribution < 1.29 is 0 Å². The minimum absolute atomic E-state index is 0.171. The first-order chi connectivity index (χ1) is 9.92. The Labute approximate surface area is 116 Å². The van der Waals surface area contributed by atoms with Crippen molar-refractivity contribution in [2.45, 2.75) is 12.5 Å². The fourth-order valence-corrected chi connectivity index (χ4v) is 2.61. The smallest absolute Gasteiger partial charge is 0.159 e. The van der Waals surface area contributed by atoms with Gasteiger partial charge < -0.3 is 5.32 Å². The zero-order valence-corrected chi connectivity index (χ0v) is 10.8. The number of anilines is 1. The van der Waals surface area contributed by atoms with Gasteiger partial charge in [0.2, 0.25) is 0 Å². The average molecular weight is 263 g/mol. The van der Waals surface area contributed by atoms with Gasteiger partial charge in [-0.05, 0) is 28.1 Å². The molecular formula is C15H13N5. The summed E-state index contributed by atoms with van der Waals surface area (Å²) in [6.07, 6.45) is 0.756. The molecule has 0 saturated heterocycles. The number of nitrogens with zero attached hydrogens (tertiary/aromatic N) is 4. The van der Waals surface area contributed by atoms with Gasteiger partial charge in [0.15, 0.2) is 5.82 Å². The van der Waals surface area contributed by atoms with Gasteiger partial charge in [0.05, 0.1) is 17.4 Å². The summed E-state index contributed by atoms with van der Waals surface area (Å²) < 4.78 is 1.81. The van der Waals surface area contributed by atoms with Gasteiger partial charge in [-0.2, -0.15) is 4.68 Å². The van der Waals surface area contributed by atoms with Crippen LogP contribution in [0, 0.1) is 0 Å². The number of para-hydroxylation sites is 2. The molecule has 4 rings (SSSR count). The molecular weight excluding hydrogens is 250 g/mol. The molecule has 1 atom stereocenters. The molecule has 5 heteroatoms. The van der Waals surface area contributed by atoms with Crippen molar-refractivity contribution in [2.24, 2.45) is 0 Å². The molecule has 0 saturated carbocycles. The Balaban J connectivity index is 1.85. The Morgan fingerprint density at radius 1 is 1.00 bits per heavy atom. The lowest BCUT2D eigenvalue weighted by atomic mass is 10.0. The zero-order valence-electron chi connectivity index (χ0n) is 10.8. The van der Waals surface area contributed by atoms with Crippen LogP contribution >= 0.6 is 0 Å². The third-order valence-corrected chi connectivity index (χ3v) is 3.58. The monoisotopic (exact) mass is 263 g/mol. The van der Waals surface area contributed by atoms with Crippen LogP contribution in [0.3, 0.4) is 0 Å². The van der Waals surface area contributed by atoms with Crippen LogP contribution in [0.4, 0.5) is 5.69 Å². The molecule has 2 aromatic carbocycles. The van der Waals surface area contributed by atoms with E-state index < -0.39 is 0 Å². The zero-order chi connectivity index (χ0) is 13.4. The summed E-state index contributed by atoms with van der Waals surface area (Å²) in [5.41, 5.74) is 3.28. The number of hydrogen-bond donors (Lipinski definition) is 1. The van der Waals surface area contributed by atoms with Crippen LogP contribution in [-0.4, -0.2) is 20.2 Å². The van der Waals surface area contributed by atoms with E-state index in [2.05, 4.69) is 51.2 Å². The Morgan fingerprint density at radius 2 is 1.80 bits per heavy atom. The fraction of sp³-hybridized carbons (Fsp3) is 0.133. The second kappa shape index (κ2) is 4.45. The van der Waals surface area contributed by atoms with Crippen LogP contribution in [-0.2, 0) is 6.42 Å². The van der Waals surface area contributed by atoms with Crippen molar-refractivity contribution in [1.29, 1.82) is 0 Å². The molecule has 0 amide bonds. The number of tetrazole rings is 1. The molecule has 0 bridgehead atoms. The van der Waals surface area contributed by atoms with Crippen LogP contribution in [0.5, 0.6) is 0 Å². The van der Waals surface area contributed by atoms with Crippen molar-refractivity contribution in [1.82, 2.24) is 20.2 Å². The van der Waals surface area contributed by atoms with Gasteiger partial charge >= 0.3 is 0 Å².